The van der Waals surface area contributed by atoms with Gasteiger partial charge >= 0.3 is 0 Å². The van der Waals surface area contributed by atoms with Gasteiger partial charge in [-0.05, 0) is 63.4 Å². The van der Waals surface area contributed by atoms with Gasteiger partial charge < -0.3 is 0 Å². The first-order chi connectivity index (χ1) is 22.3. The van der Waals surface area contributed by atoms with Gasteiger partial charge in [-0.3, -0.25) is 0 Å². The van der Waals surface area contributed by atoms with Crippen molar-refractivity contribution < 1.29 is 0 Å². The maximum atomic E-state index is 5.05. The van der Waals surface area contributed by atoms with Crippen molar-refractivity contribution in [3.63, 3.8) is 0 Å². The Balaban J connectivity index is 1.31. The van der Waals surface area contributed by atoms with Crippen LogP contribution in [0.3, 0.4) is 0 Å². The first-order valence-corrected chi connectivity index (χ1v) is 15.6. The highest BCUT2D eigenvalue weighted by atomic mass is 15.0. The second kappa shape index (κ2) is 10.2. The number of benzene rings is 6. The third kappa shape index (κ3) is 3.94. The van der Waals surface area contributed by atoms with E-state index in [1.807, 2.05) is 36.4 Å². The highest BCUT2D eigenvalue weighted by molar-refractivity contribution is 5.89. The number of fused-ring (bicyclic) bond motifs is 9. The lowest BCUT2D eigenvalue weighted by Crippen LogP contribution is -2.29. The second-order valence-electron chi connectivity index (χ2n) is 11.9. The summed E-state index contributed by atoms with van der Waals surface area (Å²) < 4.78 is 0. The second-order valence-corrected chi connectivity index (χ2v) is 11.9. The third-order valence-corrected chi connectivity index (χ3v) is 9.51. The number of nitrogens with zero attached hydrogens (tertiary/aromatic N) is 3. The molecular formula is C42H29N3. The molecule has 0 unspecified atom stereocenters. The smallest absolute Gasteiger partial charge is 0.164 e. The van der Waals surface area contributed by atoms with Crippen LogP contribution in [-0.2, 0) is 18.3 Å². The van der Waals surface area contributed by atoms with E-state index in [2.05, 4.69) is 115 Å². The fourth-order valence-corrected chi connectivity index (χ4v) is 7.56. The summed E-state index contributed by atoms with van der Waals surface area (Å²) in [5.74, 6) is 2.01. The molecule has 7 aromatic rings. The molecular weight excluding hydrogens is 546 g/mol. The van der Waals surface area contributed by atoms with Gasteiger partial charge in [0.1, 0.15) is 0 Å². The summed E-state index contributed by atoms with van der Waals surface area (Å²) >= 11 is 0. The summed E-state index contributed by atoms with van der Waals surface area (Å²) in [5.41, 5.74) is 13.3. The van der Waals surface area contributed by atoms with Crippen molar-refractivity contribution in [2.24, 2.45) is 0 Å². The molecule has 45 heavy (non-hydrogen) atoms. The minimum atomic E-state index is -0.391. The summed E-state index contributed by atoms with van der Waals surface area (Å²) in [6.07, 6.45) is 2.06. The SMILES string of the molecule is c1ccc(-c2nc(-c3ccccc3)nc(-c3ccc4c(c3)-c3ccccc3C43c4ccccc4CCc4ccccc43)n2)cc1. The number of aromatic nitrogens is 3. The molecule has 0 aliphatic heterocycles. The van der Waals surface area contributed by atoms with E-state index < -0.39 is 5.41 Å². The minimum absolute atomic E-state index is 0.391. The zero-order valence-electron chi connectivity index (χ0n) is 24.7. The van der Waals surface area contributed by atoms with Crippen molar-refractivity contribution in [2.75, 3.05) is 0 Å². The molecule has 0 atom stereocenters. The van der Waals surface area contributed by atoms with Gasteiger partial charge in [-0.25, -0.2) is 15.0 Å². The van der Waals surface area contributed by atoms with E-state index in [4.69, 9.17) is 15.0 Å². The van der Waals surface area contributed by atoms with Gasteiger partial charge in [0.05, 0.1) is 5.41 Å². The van der Waals surface area contributed by atoms with Gasteiger partial charge in [-0.1, -0.05) is 146 Å². The minimum Gasteiger partial charge on any atom is -0.208 e. The van der Waals surface area contributed by atoms with Crippen LogP contribution in [-0.4, -0.2) is 15.0 Å². The average molecular weight is 576 g/mol. The Labute approximate surface area is 263 Å². The first kappa shape index (κ1) is 25.8. The van der Waals surface area contributed by atoms with Gasteiger partial charge in [-0.15, -0.1) is 0 Å². The summed E-state index contributed by atoms with van der Waals surface area (Å²) in [7, 11) is 0. The van der Waals surface area contributed by atoms with Gasteiger partial charge in [0.25, 0.3) is 0 Å². The van der Waals surface area contributed by atoms with Gasteiger partial charge in [0.2, 0.25) is 0 Å². The third-order valence-electron chi connectivity index (χ3n) is 9.51. The van der Waals surface area contributed by atoms with E-state index in [1.165, 1.54) is 44.5 Å². The number of rotatable bonds is 3. The van der Waals surface area contributed by atoms with E-state index in [-0.39, 0.29) is 0 Å². The predicted molar refractivity (Wildman–Crippen MR) is 181 cm³/mol. The Kier molecular flexibility index (Phi) is 5.85. The lowest BCUT2D eigenvalue weighted by Gasteiger charge is -2.35. The Morgan fingerprint density at radius 3 is 1.38 bits per heavy atom. The van der Waals surface area contributed by atoms with Crippen molar-refractivity contribution in [3.8, 4) is 45.3 Å². The van der Waals surface area contributed by atoms with Crippen molar-refractivity contribution in [3.05, 3.63) is 185 Å². The Morgan fingerprint density at radius 2 is 0.800 bits per heavy atom. The zero-order valence-corrected chi connectivity index (χ0v) is 24.7. The highest BCUT2D eigenvalue weighted by Gasteiger charge is 2.48. The lowest BCUT2D eigenvalue weighted by molar-refractivity contribution is 0.762. The Bertz CT molecular complexity index is 2110. The lowest BCUT2D eigenvalue weighted by atomic mass is 9.66. The van der Waals surface area contributed by atoms with Gasteiger partial charge in [0, 0.05) is 16.7 Å². The highest BCUT2D eigenvalue weighted by Crippen LogP contribution is 2.58. The predicted octanol–water partition coefficient (Wildman–Crippen LogP) is 9.33. The Morgan fingerprint density at radius 1 is 0.356 bits per heavy atom. The quantitative estimate of drug-likeness (QED) is 0.211. The first-order valence-electron chi connectivity index (χ1n) is 15.6. The van der Waals surface area contributed by atoms with Crippen LogP contribution < -0.4 is 0 Å². The average Bonchev–Trinajstić information content (AvgIpc) is 3.32. The molecule has 1 aromatic heterocycles. The molecule has 0 saturated carbocycles. The van der Waals surface area contributed by atoms with Crippen LogP contribution in [0.15, 0.2) is 152 Å². The normalized spacial score (nSPS) is 13.8. The van der Waals surface area contributed by atoms with Crippen LogP contribution in [0.2, 0.25) is 0 Å². The molecule has 3 heteroatoms. The molecule has 0 radical (unpaired) electrons. The molecule has 0 saturated heterocycles. The summed E-state index contributed by atoms with van der Waals surface area (Å²) in [6.45, 7) is 0. The number of aryl methyl sites for hydroxylation is 2. The summed E-state index contributed by atoms with van der Waals surface area (Å²) in [4.78, 5) is 15.0. The van der Waals surface area contributed by atoms with Crippen LogP contribution in [0.5, 0.6) is 0 Å². The molecule has 2 aliphatic carbocycles. The molecule has 1 heterocycles. The van der Waals surface area contributed by atoms with Gasteiger partial charge in [-0.2, -0.15) is 0 Å². The maximum Gasteiger partial charge on any atom is 0.164 e. The van der Waals surface area contributed by atoms with Crippen molar-refractivity contribution in [2.45, 2.75) is 18.3 Å². The molecule has 0 bridgehead atoms. The van der Waals surface area contributed by atoms with Crippen LogP contribution in [0.1, 0.15) is 33.4 Å². The molecule has 9 rings (SSSR count). The molecule has 212 valence electrons. The zero-order chi connectivity index (χ0) is 29.8. The van der Waals surface area contributed by atoms with E-state index in [9.17, 15) is 0 Å². The Hall–Kier alpha value is -5.67. The molecule has 0 N–H and O–H groups in total. The number of hydrogen-bond acceptors (Lipinski definition) is 3. The van der Waals surface area contributed by atoms with Crippen LogP contribution in [0, 0.1) is 0 Å². The molecule has 3 nitrogen and oxygen atoms in total. The van der Waals surface area contributed by atoms with Crippen LogP contribution >= 0.6 is 0 Å². The van der Waals surface area contributed by atoms with Crippen molar-refractivity contribution in [1.29, 1.82) is 0 Å². The van der Waals surface area contributed by atoms with Gasteiger partial charge in [0.15, 0.2) is 17.5 Å². The van der Waals surface area contributed by atoms with Crippen molar-refractivity contribution >= 4 is 0 Å². The maximum absolute atomic E-state index is 5.05. The van der Waals surface area contributed by atoms with Crippen LogP contribution in [0.4, 0.5) is 0 Å². The summed E-state index contributed by atoms with van der Waals surface area (Å²) in [6, 6.07) is 54.2. The fourth-order valence-electron chi connectivity index (χ4n) is 7.56. The largest absolute Gasteiger partial charge is 0.208 e. The molecule has 2 aliphatic rings. The topological polar surface area (TPSA) is 38.7 Å². The monoisotopic (exact) mass is 575 g/mol. The van der Waals surface area contributed by atoms with E-state index >= 15 is 0 Å². The van der Waals surface area contributed by atoms with E-state index in [0.29, 0.717) is 17.5 Å². The molecule has 0 amide bonds. The van der Waals surface area contributed by atoms with E-state index in [0.717, 1.165) is 29.5 Å². The molecule has 0 fully saturated rings. The fraction of sp³-hybridized carbons (Fsp3) is 0.0714. The standard InChI is InChI=1S/C42H29N3/c1-3-15-30(16-4-1)39-43-40(31-17-5-2-6-18-31)45-41(44-39)32-25-26-38-34(27-32)33-19-9-12-22-37(33)42(38)35-20-10-7-13-28(35)23-24-29-14-8-11-21-36(29)42/h1-22,25-27H,23-24H2. The summed E-state index contributed by atoms with van der Waals surface area (Å²) in [5, 5.41) is 0. The van der Waals surface area contributed by atoms with Crippen LogP contribution in [0.25, 0.3) is 45.3 Å². The van der Waals surface area contributed by atoms with E-state index in [1.54, 1.807) is 0 Å². The number of hydrogen-bond donors (Lipinski definition) is 0. The molecule has 6 aromatic carbocycles. The molecule has 1 spiro atoms. The van der Waals surface area contributed by atoms with Crippen molar-refractivity contribution in [1.82, 2.24) is 15.0 Å².